The number of nitrogens with one attached hydrogen (secondary N) is 1. The van der Waals surface area contributed by atoms with Gasteiger partial charge in [0, 0.05) is 42.5 Å². The van der Waals surface area contributed by atoms with Crippen LogP contribution in [0.5, 0.6) is 5.75 Å². The first-order valence-electron chi connectivity index (χ1n) is 20.1. The number of esters is 1. The van der Waals surface area contributed by atoms with Crippen LogP contribution in [0.15, 0.2) is 54.6 Å². The van der Waals surface area contributed by atoms with Gasteiger partial charge in [-0.2, -0.15) is 8.78 Å². The normalized spacial score (nSPS) is 25.6. The zero-order chi connectivity index (χ0) is 41.6. The fourth-order valence-electron chi connectivity index (χ4n) is 8.65. The zero-order valence-electron chi connectivity index (χ0n) is 32.8. The highest BCUT2D eigenvalue weighted by atomic mass is 32.1. The van der Waals surface area contributed by atoms with Gasteiger partial charge >= 0.3 is 19.2 Å². The van der Waals surface area contributed by atoms with Crippen LogP contribution in [0.3, 0.4) is 0 Å². The summed E-state index contributed by atoms with van der Waals surface area (Å²) in [6, 6.07) is 10.5. The largest absolute Gasteiger partial charge is 0.461 e. The lowest BCUT2D eigenvalue weighted by Gasteiger charge is -2.44. The third-order valence-electron chi connectivity index (χ3n) is 11.8. The van der Waals surface area contributed by atoms with E-state index in [1.807, 2.05) is 0 Å². The van der Waals surface area contributed by atoms with Crippen molar-refractivity contribution >= 4 is 58.6 Å². The number of ether oxygens (including phenoxy) is 2. The summed E-state index contributed by atoms with van der Waals surface area (Å²) in [4.78, 5) is 72.6. The number of halogens is 2. The Bertz CT molecular complexity index is 2160. The molecule has 5 aliphatic rings. The fraction of sp³-hybridized carbons (Fsp3) is 0.537. The molecule has 14 nitrogen and oxygen atoms in total. The average molecular weight is 857 g/mol. The second-order valence-electron chi connectivity index (χ2n) is 16.2. The SMILES string of the molecule is CC(C)OC(=O)COP(=O)(Oc1ccccc1)C(F)(F)c1ccc2sc(C(=O)N[C@H]3C[C@@H]4C[C@@H]4C[C@H]4CC[C@@H](C(=O)N5CC(C(=O)N6CCOCC6)C5)N4C3=O)cc2c1. The minimum atomic E-state index is -5.43. The lowest BCUT2D eigenvalue weighted by molar-refractivity contribution is -0.157. The molecule has 8 rings (SSSR count). The number of benzene rings is 2. The number of carbonyl (C=O) groups excluding carboxylic acids is 5. The number of hydrogen-bond donors (Lipinski definition) is 1. The summed E-state index contributed by atoms with van der Waals surface area (Å²) in [5.41, 5.74) is -4.97. The van der Waals surface area contributed by atoms with Crippen molar-refractivity contribution < 1.29 is 55.8 Å². The van der Waals surface area contributed by atoms with E-state index < -0.39 is 55.5 Å². The van der Waals surface area contributed by atoms with Crippen molar-refractivity contribution in [2.24, 2.45) is 17.8 Å². The van der Waals surface area contributed by atoms with Crippen LogP contribution in [0.1, 0.15) is 61.2 Å². The van der Waals surface area contributed by atoms with E-state index in [2.05, 4.69) is 5.32 Å². The summed E-state index contributed by atoms with van der Waals surface area (Å²) in [5.74, 6) is -1.83. The molecule has 1 aromatic heterocycles. The van der Waals surface area contributed by atoms with Crippen LogP contribution < -0.4 is 9.84 Å². The molecule has 5 fully saturated rings. The summed E-state index contributed by atoms with van der Waals surface area (Å²) in [7, 11) is -5.43. The van der Waals surface area contributed by atoms with Crippen molar-refractivity contribution in [3.8, 4) is 5.75 Å². The van der Waals surface area contributed by atoms with Gasteiger partial charge in [-0.05, 0) is 93.5 Å². The molecule has 0 bridgehead atoms. The number of nitrogens with zero attached hydrogens (tertiary/aromatic N) is 3. The summed E-state index contributed by atoms with van der Waals surface area (Å²) < 4.78 is 67.8. The molecule has 4 aliphatic heterocycles. The molecule has 1 N–H and O–H groups in total. The van der Waals surface area contributed by atoms with Crippen LogP contribution >= 0.6 is 18.9 Å². The Morgan fingerprint density at radius 1 is 0.949 bits per heavy atom. The molecular formula is C41H47F2N4O10PS. The number of morpholine rings is 1. The van der Waals surface area contributed by atoms with E-state index in [0.717, 1.165) is 36.3 Å². The molecule has 2 aromatic carbocycles. The van der Waals surface area contributed by atoms with Crippen LogP contribution in [0.25, 0.3) is 10.1 Å². The summed E-state index contributed by atoms with van der Waals surface area (Å²) in [6.45, 7) is 4.76. The molecule has 6 atom stereocenters. The number of likely N-dealkylation sites (tertiary alicyclic amines) is 1. The van der Waals surface area contributed by atoms with E-state index in [1.54, 1.807) is 34.6 Å². The van der Waals surface area contributed by atoms with Crippen molar-refractivity contribution in [3.63, 3.8) is 0 Å². The Labute approximate surface area is 344 Å². The fourth-order valence-corrected chi connectivity index (χ4v) is 11.1. The van der Waals surface area contributed by atoms with Gasteiger partial charge in [0.1, 0.15) is 17.8 Å². The van der Waals surface area contributed by atoms with Gasteiger partial charge in [0.25, 0.3) is 5.91 Å². The van der Waals surface area contributed by atoms with Gasteiger partial charge in [-0.15, -0.1) is 11.3 Å². The van der Waals surface area contributed by atoms with E-state index in [0.29, 0.717) is 69.3 Å². The number of amides is 4. The highest BCUT2D eigenvalue weighted by Gasteiger charge is 2.57. The van der Waals surface area contributed by atoms with Gasteiger partial charge in [0.05, 0.1) is 30.1 Å². The van der Waals surface area contributed by atoms with Crippen molar-refractivity contribution in [1.82, 2.24) is 20.0 Å². The van der Waals surface area contributed by atoms with Gasteiger partial charge in [-0.3, -0.25) is 23.7 Å². The molecular weight excluding hydrogens is 810 g/mol. The number of alkyl halides is 2. The number of hydrogen-bond acceptors (Lipinski definition) is 11. The van der Waals surface area contributed by atoms with Crippen LogP contribution in [0, 0.1) is 17.8 Å². The Kier molecular flexibility index (Phi) is 11.6. The first-order valence-corrected chi connectivity index (χ1v) is 22.5. The minimum Gasteiger partial charge on any atom is -0.461 e. The zero-order valence-corrected chi connectivity index (χ0v) is 34.5. The van der Waals surface area contributed by atoms with E-state index in [-0.39, 0.29) is 51.6 Å². The predicted octanol–water partition coefficient (Wildman–Crippen LogP) is 5.40. The van der Waals surface area contributed by atoms with E-state index in [9.17, 15) is 28.5 Å². The second kappa shape index (κ2) is 16.5. The molecule has 5 heterocycles. The molecule has 1 saturated carbocycles. The Hall–Kier alpha value is -4.44. The molecule has 1 unspecified atom stereocenters. The highest BCUT2D eigenvalue weighted by molar-refractivity contribution is 7.55. The maximum Gasteiger partial charge on any atom is 0.453 e. The molecule has 18 heteroatoms. The molecule has 316 valence electrons. The quantitative estimate of drug-likeness (QED) is 0.185. The maximum atomic E-state index is 16.3. The van der Waals surface area contributed by atoms with Crippen LogP contribution in [0.4, 0.5) is 8.78 Å². The van der Waals surface area contributed by atoms with E-state index in [1.165, 1.54) is 36.4 Å². The summed E-state index contributed by atoms with van der Waals surface area (Å²) in [5, 5.41) is 3.16. The molecule has 59 heavy (non-hydrogen) atoms. The average Bonchev–Trinajstić information content (AvgIpc) is 3.55. The Morgan fingerprint density at radius 2 is 1.68 bits per heavy atom. The Morgan fingerprint density at radius 3 is 2.41 bits per heavy atom. The predicted molar refractivity (Wildman–Crippen MR) is 211 cm³/mol. The van der Waals surface area contributed by atoms with E-state index >= 15 is 8.78 Å². The highest BCUT2D eigenvalue weighted by Crippen LogP contribution is 2.66. The van der Waals surface area contributed by atoms with Crippen LogP contribution in [-0.4, -0.2) is 115 Å². The summed E-state index contributed by atoms with van der Waals surface area (Å²) >= 11 is 1.04. The Balaban J connectivity index is 0.969. The number of para-hydroxylation sites is 1. The number of thiophene rings is 1. The van der Waals surface area contributed by atoms with Crippen molar-refractivity contribution in [2.75, 3.05) is 46.0 Å². The lowest BCUT2D eigenvalue weighted by atomic mass is 9.96. The molecule has 0 spiro atoms. The molecule has 0 radical (unpaired) electrons. The topological polar surface area (TPSA) is 161 Å². The van der Waals surface area contributed by atoms with Crippen molar-refractivity contribution in [1.29, 1.82) is 0 Å². The smallest absolute Gasteiger partial charge is 0.453 e. The number of fused-ring (bicyclic) bond motifs is 3. The van der Waals surface area contributed by atoms with Gasteiger partial charge in [-0.1, -0.05) is 24.3 Å². The third-order valence-corrected chi connectivity index (χ3v) is 14.8. The standard InChI is InChI=1S/C41H47F2N4O10PS/c1-24(2)56-36(48)23-55-58(53,57-31-6-4-3-5-7-31)41(42,43)29-8-11-34-27(17-29)20-35(59-34)37(49)44-32-19-26-16-25(26)18-30-9-10-33(47(30)39(32)51)40(52)46-21-28(22-46)38(50)45-12-14-54-15-13-45/h3-8,11,17,20,24-26,28,30,32-33H,9-10,12-16,18-19,21-23H2,1-2H3,(H,44,49)/t25-,26+,30-,32+,33+,58?/m1/s1. The third kappa shape index (κ3) is 8.48. The maximum absolute atomic E-state index is 16.3. The summed E-state index contributed by atoms with van der Waals surface area (Å²) in [6.07, 6.45) is 2.77. The van der Waals surface area contributed by atoms with Crippen LogP contribution in [-0.2, 0) is 43.4 Å². The van der Waals surface area contributed by atoms with Gasteiger partial charge < -0.3 is 34.0 Å². The molecule has 4 amide bonds. The minimum absolute atomic E-state index is 0.0181. The van der Waals surface area contributed by atoms with Crippen molar-refractivity contribution in [3.05, 3.63) is 65.0 Å². The van der Waals surface area contributed by atoms with E-state index in [4.69, 9.17) is 18.5 Å². The number of carbonyl (C=O) groups is 5. The first kappa shape index (κ1) is 41.3. The molecule has 4 saturated heterocycles. The van der Waals surface area contributed by atoms with Gasteiger partial charge in [-0.25, -0.2) is 9.36 Å². The molecule has 1 aliphatic carbocycles. The molecule has 3 aromatic rings. The van der Waals surface area contributed by atoms with Crippen molar-refractivity contribution in [2.45, 2.75) is 75.8 Å². The second-order valence-corrected chi connectivity index (χ2v) is 19.3. The lowest BCUT2D eigenvalue weighted by Crippen LogP contribution is -2.62. The number of rotatable bonds is 12. The van der Waals surface area contributed by atoms with Crippen LogP contribution in [0.2, 0.25) is 0 Å². The van der Waals surface area contributed by atoms with Gasteiger partial charge in [0.2, 0.25) is 17.7 Å². The van der Waals surface area contributed by atoms with Gasteiger partial charge in [0.15, 0.2) is 6.61 Å². The monoisotopic (exact) mass is 856 g/mol. The first-order chi connectivity index (χ1) is 28.2.